The van der Waals surface area contributed by atoms with Gasteiger partial charge in [-0.15, -0.1) is 0 Å². The van der Waals surface area contributed by atoms with Gasteiger partial charge in [-0.1, -0.05) is 0 Å². The number of aromatic amines is 1. The molecule has 1 heterocycles. The van der Waals surface area contributed by atoms with Crippen LogP contribution in [0.4, 0.5) is 9.59 Å². The molecule has 9 nitrogen and oxygen atoms in total. The molecule has 1 aromatic heterocycles. The molecule has 1 unspecified atom stereocenters. The normalized spacial score (nSPS) is 13.0. The molecule has 0 aliphatic heterocycles. The standard InChI is InChI=1S/C16H25N3O6/c1-15(2,3)24-13(22)19(14(23)25-16(4,5)6)11(12(20)21)7-10-8-17-9-18-10/h8-9,11H,7H2,1-6H3,(H,17,18)(H,20,21). The minimum Gasteiger partial charge on any atom is -0.480 e. The van der Waals surface area contributed by atoms with Crippen LogP contribution in [0.5, 0.6) is 0 Å². The maximum absolute atomic E-state index is 12.5. The van der Waals surface area contributed by atoms with E-state index in [0.717, 1.165) is 0 Å². The van der Waals surface area contributed by atoms with Crippen LogP contribution in [0.1, 0.15) is 47.2 Å². The third kappa shape index (κ3) is 6.82. The fourth-order valence-corrected chi connectivity index (χ4v) is 1.84. The molecule has 0 radical (unpaired) electrons. The minimum atomic E-state index is -1.52. The lowest BCUT2D eigenvalue weighted by Gasteiger charge is -2.31. The molecule has 0 fully saturated rings. The molecule has 2 amide bonds. The molecule has 0 saturated carbocycles. The van der Waals surface area contributed by atoms with Crippen molar-refractivity contribution < 1.29 is 29.0 Å². The molecule has 0 saturated heterocycles. The molecule has 2 N–H and O–H groups in total. The Balaban J connectivity index is 3.18. The number of aliphatic carboxylic acids is 1. The zero-order valence-electron chi connectivity index (χ0n) is 15.3. The lowest BCUT2D eigenvalue weighted by atomic mass is 10.1. The van der Waals surface area contributed by atoms with E-state index in [4.69, 9.17) is 9.47 Å². The van der Waals surface area contributed by atoms with E-state index < -0.39 is 35.4 Å². The number of hydrogen-bond acceptors (Lipinski definition) is 6. The maximum atomic E-state index is 12.5. The smallest absolute Gasteiger partial charge is 0.420 e. The van der Waals surface area contributed by atoms with Gasteiger partial charge in [0.1, 0.15) is 17.2 Å². The van der Waals surface area contributed by atoms with E-state index in [1.54, 1.807) is 41.5 Å². The minimum absolute atomic E-state index is 0.183. The predicted octanol–water partition coefficient (Wildman–Crippen LogP) is 2.58. The molecule has 0 aromatic carbocycles. The molecule has 0 aliphatic carbocycles. The Morgan fingerprint density at radius 1 is 1.12 bits per heavy atom. The number of carboxylic acids is 1. The Labute approximate surface area is 146 Å². The third-order valence-electron chi connectivity index (χ3n) is 2.73. The van der Waals surface area contributed by atoms with Crippen LogP contribution in [-0.4, -0.2) is 55.4 Å². The van der Waals surface area contributed by atoms with Crippen molar-refractivity contribution in [1.29, 1.82) is 0 Å². The number of nitrogens with one attached hydrogen (secondary N) is 1. The van der Waals surface area contributed by atoms with Crippen LogP contribution in [0.2, 0.25) is 0 Å². The number of nitrogens with zero attached hydrogens (tertiary/aromatic N) is 2. The topological polar surface area (TPSA) is 122 Å². The lowest BCUT2D eigenvalue weighted by Crippen LogP contribution is -2.52. The van der Waals surface area contributed by atoms with Crippen LogP contribution in [-0.2, 0) is 20.7 Å². The van der Waals surface area contributed by atoms with Gasteiger partial charge in [-0.2, -0.15) is 4.90 Å². The van der Waals surface area contributed by atoms with Gasteiger partial charge < -0.3 is 19.6 Å². The van der Waals surface area contributed by atoms with Crippen molar-refractivity contribution in [2.45, 2.75) is 65.2 Å². The fraction of sp³-hybridized carbons (Fsp3) is 0.625. The number of aromatic nitrogens is 2. The molecule has 0 bridgehead atoms. The highest BCUT2D eigenvalue weighted by Gasteiger charge is 2.40. The van der Waals surface area contributed by atoms with Crippen molar-refractivity contribution in [3.8, 4) is 0 Å². The van der Waals surface area contributed by atoms with Crippen LogP contribution >= 0.6 is 0 Å². The molecule has 1 atom stereocenters. The Morgan fingerprint density at radius 3 is 1.92 bits per heavy atom. The van der Waals surface area contributed by atoms with Crippen molar-refractivity contribution in [1.82, 2.24) is 14.9 Å². The zero-order valence-corrected chi connectivity index (χ0v) is 15.3. The highest BCUT2D eigenvalue weighted by atomic mass is 16.6. The number of H-pyrrole nitrogens is 1. The average molecular weight is 355 g/mol. The molecular weight excluding hydrogens is 330 g/mol. The summed E-state index contributed by atoms with van der Waals surface area (Å²) in [6, 6.07) is -1.52. The Kier molecular flexibility index (Phi) is 6.17. The summed E-state index contributed by atoms with van der Waals surface area (Å²) in [5, 5.41) is 9.54. The van der Waals surface area contributed by atoms with E-state index in [1.165, 1.54) is 12.5 Å². The van der Waals surface area contributed by atoms with Crippen molar-refractivity contribution in [2.75, 3.05) is 0 Å². The van der Waals surface area contributed by atoms with E-state index in [-0.39, 0.29) is 6.42 Å². The van der Waals surface area contributed by atoms with Gasteiger partial charge >= 0.3 is 18.2 Å². The van der Waals surface area contributed by atoms with Crippen LogP contribution in [0, 0.1) is 0 Å². The number of carbonyl (C=O) groups excluding carboxylic acids is 2. The molecule has 25 heavy (non-hydrogen) atoms. The van der Waals surface area contributed by atoms with Gasteiger partial charge in [0.15, 0.2) is 0 Å². The summed E-state index contributed by atoms with van der Waals surface area (Å²) in [4.78, 5) is 43.8. The number of amides is 2. The first-order chi connectivity index (χ1) is 11.3. The summed E-state index contributed by atoms with van der Waals surface area (Å²) in [5.41, 5.74) is -1.44. The highest BCUT2D eigenvalue weighted by Crippen LogP contribution is 2.18. The fourth-order valence-electron chi connectivity index (χ4n) is 1.84. The number of carboxylic acid groups (broad SMARTS) is 1. The van der Waals surface area contributed by atoms with Gasteiger partial charge in [0, 0.05) is 12.6 Å². The van der Waals surface area contributed by atoms with Gasteiger partial charge in [-0.05, 0) is 41.5 Å². The second kappa shape index (κ2) is 7.54. The molecule has 1 rings (SSSR count). The summed E-state index contributed by atoms with van der Waals surface area (Å²) < 4.78 is 10.4. The van der Waals surface area contributed by atoms with E-state index in [0.29, 0.717) is 10.6 Å². The summed E-state index contributed by atoms with van der Waals surface area (Å²) in [5.74, 6) is -1.38. The van der Waals surface area contributed by atoms with Crippen LogP contribution in [0.25, 0.3) is 0 Å². The van der Waals surface area contributed by atoms with Crippen molar-refractivity contribution in [3.63, 3.8) is 0 Å². The van der Waals surface area contributed by atoms with Crippen LogP contribution in [0.3, 0.4) is 0 Å². The van der Waals surface area contributed by atoms with Crippen molar-refractivity contribution in [2.24, 2.45) is 0 Å². The third-order valence-corrected chi connectivity index (χ3v) is 2.73. The van der Waals surface area contributed by atoms with Crippen LogP contribution in [0.15, 0.2) is 12.5 Å². The van der Waals surface area contributed by atoms with Gasteiger partial charge in [-0.25, -0.2) is 19.4 Å². The summed E-state index contributed by atoms with van der Waals surface area (Å²) in [6.45, 7) is 9.68. The molecule has 0 aliphatic rings. The number of hydrogen-bond donors (Lipinski definition) is 2. The monoisotopic (exact) mass is 355 g/mol. The van der Waals surface area contributed by atoms with Gasteiger partial charge in [0.25, 0.3) is 0 Å². The Bertz CT molecular complexity index is 585. The summed E-state index contributed by atoms with van der Waals surface area (Å²) in [6.07, 6.45) is 0.490. The first kappa shape index (κ1) is 20.5. The van der Waals surface area contributed by atoms with Crippen LogP contribution < -0.4 is 0 Å². The largest absolute Gasteiger partial charge is 0.480 e. The van der Waals surface area contributed by atoms with Gasteiger partial charge in [-0.3, -0.25) is 0 Å². The van der Waals surface area contributed by atoms with E-state index >= 15 is 0 Å². The molecule has 9 heteroatoms. The summed E-state index contributed by atoms with van der Waals surface area (Å²) in [7, 11) is 0. The maximum Gasteiger partial charge on any atom is 0.420 e. The second-order valence-corrected chi connectivity index (χ2v) is 7.45. The van der Waals surface area contributed by atoms with Crippen molar-refractivity contribution in [3.05, 3.63) is 18.2 Å². The number of rotatable bonds is 4. The number of imide groups is 1. The van der Waals surface area contributed by atoms with Gasteiger partial charge in [0.05, 0.1) is 12.0 Å². The number of carbonyl (C=O) groups is 3. The quantitative estimate of drug-likeness (QED) is 0.851. The zero-order chi connectivity index (χ0) is 19.4. The molecular formula is C16H25N3O6. The predicted molar refractivity (Wildman–Crippen MR) is 88.0 cm³/mol. The first-order valence-electron chi connectivity index (χ1n) is 7.76. The van der Waals surface area contributed by atoms with E-state index in [9.17, 15) is 19.5 Å². The number of ether oxygens (including phenoxy) is 2. The molecule has 140 valence electrons. The van der Waals surface area contributed by atoms with Gasteiger partial charge in [0.2, 0.25) is 0 Å². The van der Waals surface area contributed by atoms with Crippen molar-refractivity contribution >= 4 is 18.2 Å². The highest BCUT2D eigenvalue weighted by molar-refractivity contribution is 5.93. The first-order valence-corrected chi connectivity index (χ1v) is 7.76. The molecule has 0 spiro atoms. The Morgan fingerprint density at radius 2 is 1.60 bits per heavy atom. The summed E-state index contributed by atoms with van der Waals surface area (Å²) >= 11 is 0. The Hall–Kier alpha value is -2.58. The average Bonchev–Trinajstić information content (AvgIpc) is 2.86. The van der Waals surface area contributed by atoms with E-state index in [2.05, 4.69) is 9.97 Å². The SMILES string of the molecule is CC(C)(C)OC(=O)N(C(=O)OC(C)(C)C)C(Cc1c[nH]cn1)C(=O)O. The van der Waals surface area contributed by atoms with E-state index in [1.807, 2.05) is 0 Å². The second-order valence-electron chi connectivity index (χ2n) is 7.45. The molecule has 1 aromatic rings. The number of imidazole rings is 1. The lowest BCUT2D eigenvalue weighted by molar-refractivity contribution is -0.143.